The Labute approximate surface area is 134 Å². The van der Waals surface area contributed by atoms with Crippen LogP contribution in [0.5, 0.6) is 5.75 Å². The molecule has 2 aromatic rings. The van der Waals surface area contributed by atoms with Crippen LogP contribution in [0.2, 0.25) is 0 Å². The van der Waals surface area contributed by atoms with Crippen molar-refractivity contribution in [2.75, 3.05) is 13.7 Å². The summed E-state index contributed by atoms with van der Waals surface area (Å²) in [4.78, 5) is 0. The van der Waals surface area contributed by atoms with Crippen molar-refractivity contribution in [2.24, 2.45) is 7.05 Å². The molecule has 0 bridgehead atoms. The Morgan fingerprint density at radius 3 is 2.52 bits per heavy atom. The van der Waals surface area contributed by atoms with Crippen LogP contribution < -0.4 is 4.74 Å². The Hall–Kier alpha value is -1.33. The van der Waals surface area contributed by atoms with E-state index in [2.05, 4.69) is 40.1 Å². The first-order valence-electron chi connectivity index (χ1n) is 7.06. The lowest BCUT2D eigenvalue weighted by atomic mass is 10.1. The van der Waals surface area contributed by atoms with Crippen molar-refractivity contribution in [1.82, 2.24) is 9.78 Å². The number of nitrogens with zero attached hydrogens (tertiary/aromatic N) is 2. The summed E-state index contributed by atoms with van der Waals surface area (Å²) in [5, 5.41) is 4.46. The lowest BCUT2D eigenvalue weighted by Gasteiger charge is -2.08. The van der Waals surface area contributed by atoms with Crippen LogP contribution in [0.1, 0.15) is 23.9 Å². The average molecular weight is 353 g/mol. The van der Waals surface area contributed by atoms with E-state index in [1.165, 1.54) is 5.56 Å². The van der Waals surface area contributed by atoms with Crippen molar-refractivity contribution in [1.29, 1.82) is 0 Å². The van der Waals surface area contributed by atoms with Gasteiger partial charge in [0.2, 0.25) is 0 Å². The van der Waals surface area contributed by atoms with E-state index in [1.54, 1.807) is 7.11 Å². The first-order chi connectivity index (χ1) is 10.2. The van der Waals surface area contributed by atoms with Crippen molar-refractivity contribution < 1.29 is 9.47 Å². The van der Waals surface area contributed by atoms with Gasteiger partial charge in [-0.2, -0.15) is 5.10 Å². The molecule has 0 aliphatic heterocycles. The summed E-state index contributed by atoms with van der Waals surface area (Å²) in [5.41, 5.74) is 3.36. The molecule has 0 unspecified atom stereocenters. The van der Waals surface area contributed by atoms with Gasteiger partial charge in [-0.15, -0.1) is 0 Å². The van der Waals surface area contributed by atoms with Crippen LogP contribution in [-0.2, 0) is 31.2 Å². The predicted molar refractivity (Wildman–Crippen MR) is 86.6 cm³/mol. The molecule has 0 saturated heterocycles. The molecule has 4 nitrogen and oxygen atoms in total. The maximum absolute atomic E-state index is 5.85. The quantitative estimate of drug-likeness (QED) is 0.764. The Bertz CT molecular complexity index is 579. The SMILES string of the molecule is CCc1nn(C)c(COc2ccc(CCOC)cc2)c1Br. The lowest BCUT2D eigenvalue weighted by molar-refractivity contribution is 0.202. The molecular formula is C16H21BrN2O2. The van der Waals surface area contributed by atoms with Crippen molar-refractivity contribution in [3.63, 3.8) is 0 Å². The fourth-order valence-electron chi connectivity index (χ4n) is 2.10. The molecule has 0 fully saturated rings. The average Bonchev–Trinajstić information content (AvgIpc) is 2.78. The second-order valence-electron chi connectivity index (χ2n) is 4.86. The van der Waals surface area contributed by atoms with Gasteiger partial charge in [0, 0.05) is 14.2 Å². The van der Waals surface area contributed by atoms with Gasteiger partial charge in [-0.25, -0.2) is 0 Å². The molecule has 1 aromatic carbocycles. The number of hydrogen-bond donors (Lipinski definition) is 0. The van der Waals surface area contributed by atoms with Gasteiger partial charge in [-0.3, -0.25) is 4.68 Å². The Balaban J connectivity index is 1.98. The molecule has 0 N–H and O–H groups in total. The van der Waals surface area contributed by atoms with Crippen LogP contribution in [0.4, 0.5) is 0 Å². The Morgan fingerprint density at radius 1 is 1.24 bits per heavy atom. The fraction of sp³-hybridized carbons (Fsp3) is 0.438. The molecule has 1 aromatic heterocycles. The van der Waals surface area contributed by atoms with Crippen molar-refractivity contribution >= 4 is 15.9 Å². The molecule has 0 radical (unpaired) electrons. The zero-order valence-electron chi connectivity index (χ0n) is 12.7. The molecule has 0 amide bonds. The standard InChI is InChI=1S/C16H21BrN2O2/c1-4-14-16(17)15(19(2)18-14)11-21-13-7-5-12(6-8-13)9-10-20-3/h5-8H,4,9-11H2,1-3H3. The van der Waals surface area contributed by atoms with E-state index in [0.29, 0.717) is 6.61 Å². The molecule has 2 rings (SSSR count). The van der Waals surface area contributed by atoms with Gasteiger partial charge in [0.1, 0.15) is 12.4 Å². The van der Waals surface area contributed by atoms with Gasteiger partial charge >= 0.3 is 0 Å². The van der Waals surface area contributed by atoms with Crippen LogP contribution >= 0.6 is 15.9 Å². The number of ether oxygens (including phenoxy) is 2. The molecule has 114 valence electrons. The molecule has 0 aliphatic carbocycles. The monoisotopic (exact) mass is 352 g/mol. The van der Waals surface area contributed by atoms with E-state index in [0.717, 1.165) is 41.1 Å². The highest BCUT2D eigenvalue weighted by atomic mass is 79.9. The highest BCUT2D eigenvalue weighted by Crippen LogP contribution is 2.23. The van der Waals surface area contributed by atoms with Gasteiger partial charge in [0.15, 0.2) is 0 Å². The summed E-state index contributed by atoms with van der Waals surface area (Å²) in [6, 6.07) is 8.14. The summed E-state index contributed by atoms with van der Waals surface area (Å²) in [6.45, 7) is 3.33. The Kier molecular flexibility index (Phi) is 5.82. The number of aromatic nitrogens is 2. The minimum atomic E-state index is 0.501. The number of methoxy groups -OCH3 is 1. The molecule has 0 aliphatic rings. The molecular weight excluding hydrogens is 332 g/mol. The summed E-state index contributed by atoms with van der Waals surface area (Å²) >= 11 is 3.60. The summed E-state index contributed by atoms with van der Waals surface area (Å²) in [5.74, 6) is 0.863. The molecule has 1 heterocycles. The minimum absolute atomic E-state index is 0.501. The molecule has 5 heteroatoms. The van der Waals surface area contributed by atoms with E-state index in [-0.39, 0.29) is 0 Å². The van der Waals surface area contributed by atoms with Crippen LogP contribution in [0.3, 0.4) is 0 Å². The second-order valence-corrected chi connectivity index (χ2v) is 5.65. The lowest BCUT2D eigenvalue weighted by Crippen LogP contribution is -2.03. The Morgan fingerprint density at radius 2 is 1.95 bits per heavy atom. The molecule has 21 heavy (non-hydrogen) atoms. The number of hydrogen-bond acceptors (Lipinski definition) is 3. The smallest absolute Gasteiger partial charge is 0.131 e. The van der Waals surface area contributed by atoms with Gasteiger partial charge in [-0.05, 0) is 46.5 Å². The van der Waals surface area contributed by atoms with E-state index >= 15 is 0 Å². The normalized spacial score (nSPS) is 10.9. The van der Waals surface area contributed by atoms with Crippen LogP contribution in [-0.4, -0.2) is 23.5 Å². The van der Waals surface area contributed by atoms with E-state index in [4.69, 9.17) is 9.47 Å². The van der Waals surface area contributed by atoms with E-state index in [1.807, 2.05) is 23.9 Å². The summed E-state index contributed by atoms with van der Waals surface area (Å²) in [7, 11) is 3.66. The summed E-state index contributed by atoms with van der Waals surface area (Å²) in [6.07, 6.45) is 1.83. The largest absolute Gasteiger partial charge is 0.487 e. The maximum atomic E-state index is 5.85. The van der Waals surface area contributed by atoms with Crippen LogP contribution in [0, 0.1) is 0 Å². The van der Waals surface area contributed by atoms with E-state index < -0.39 is 0 Å². The number of aryl methyl sites for hydroxylation is 2. The second kappa shape index (κ2) is 7.61. The fourth-order valence-corrected chi connectivity index (χ4v) is 2.83. The third-order valence-corrected chi connectivity index (χ3v) is 4.31. The molecule has 0 atom stereocenters. The summed E-state index contributed by atoms with van der Waals surface area (Å²) < 4.78 is 13.8. The predicted octanol–water partition coefficient (Wildman–Crippen LogP) is 3.51. The van der Waals surface area contributed by atoms with Crippen LogP contribution in [0.15, 0.2) is 28.7 Å². The van der Waals surface area contributed by atoms with Crippen molar-refractivity contribution in [2.45, 2.75) is 26.4 Å². The van der Waals surface area contributed by atoms with Crippen LogP contribution in [0.25, 0.3) is 0 Å². The number of rotatable bonds is 7. The van der Waals surface area contributed by atoms with Gasteiger partial charge in [0.25, 0.3) is 0 Å². The molecule has 0 saturated carbocycles. The van der Waals surface area contributed by atoms with E-state index in [9.17, 15) is 0 Å². The first-order valence-corrected chi connectivity index (χ1v) is 7.86. The van der Waals surface area contributed by atoms with Gasteiger partial charge < -0.3 is 9.47 Å². The highest BCUT2D eigenvalue weighted by molar-refractivity contribution is 9.10. The maximum Gasteiger partial charge on any atom is 0.131 e. The van der Waals surface area contributed by atoms with Gasteiger partial charge in [0.05, 0.1) is 22.5 Å². The first kappa shape index (κ1) is 16.0. The van der Waals surface area contributed by atoms with Crippen molar-refractivity contribution in [3.8, 4) is 5.75 Å². The third kappa shape index (κ3) is 4.08. The highest BCUT2D eigenvalue weighted by Gasteiger charge is 2.12. The minimum Gasteiger partial charge on any atom is -0.487 e. The molecule has 0 spiro atoms. The zero-order valence-corrected chi connectivity index (χ0v) is 14.3. The van der Waals surface area contributed by atoms with Gasteiger partial charge in [-0.1, -0.05) is 19.1 Å². The van der Waals surface area contributed by atoms with Crippen molar-refractivity contribution in [3.05, 3.63) is 45.7 Å². The number of halogens is 1. The topological polar surface area (TPSA) is 36.3 Å². The zero-order chi connectivity index (χ0) is 15.2. The number of benzene rings is 1. The third-order valence-electron chi connectivity index (χ3n) is 3.40.